The van der Waals surface area contributed by atoms with Crippen LogP contribution in [-0.4, -0.2) is 47.9 Å². The molecule has 2 N–H and O–H groups in total. The molecule has 1 aliphatic rings. The van der Waals surface area contributed by atoms with Crippen LogP contribution in [0.3, 0.4) is 0 Å². The fraction of sp³-hybridized carbons (Fsp3) is 0.250. The number of aliphatic carboxylic acids is 1. The molecule has 1 aliphatic heterocycles. The number of hydrazone groups is 1. The van der Waals surface area contributed by atoms with Gasteiger partial charge >= 0.3 is 5.97 Å². The van der Waals surface area contributed by atoms with Crippen LogP contribution in [0.25, 0.3) is 0 Å². The molecule has 0 saturated carbocycles. The molecule has 2 aromatic rings. The second-order valence-corrected chi connectivity index (χ2v) is 11.0. The number of thioether (sulfide) groups is 2. The number of ether oxygens (including phenoxy) is 2. The van der Waals surface area contributed by atoms with Crippen molar-refractivity contribution >= 4 is 80.1 Å². The number of carbonyl (C=O) groups is 2. The number of rotatable bonds is 9. The predicted octanol–water partition coefficient (Wildman–Crippen LogP) is 4.52. The number of hydrogen-bond acceptors (Lipinski definition) is 7. The first-order valence-corrected chi connectivity index (χ1v) is 13.0. The standard InChI is InChI=1S/C20H18BrIN2O5S2/c21-15-7-12(8-16(22)19(15)29-11-18(26)27)9-23-24-17(25)10-28-14-3-1-13(2-4-14)20-30-5-6-31-20/h1-4,7-9,20H,5-6,10-11H2,(H,24,25)(H,26,27)/b23-9-. The molecule has 2 aromatic carbocycles. The van der Waals surface area contributed by atoms with Crippen molar-refractivity contribution in [3.63, 3.8) is 0 Å². The molecular formula is C20H18BrIN2O5S2. The largest absolute Gasteiger partial charge is 0.484 e. The van der Waals surface area contributed by atoms with Crippen LogP contribution in [0.2, 0.25) is 0 Å². The lowest BCUT2D eigenvalue weighted by Crippen LogP contribution is -2.24. The van der Waals surface area contributed by atoms with E-state index in [-0.39, 0.29) is 12.5 Å². The number of halogens is 2. The number of carboxylic acids is 1. The van der Waals surface area contributed by atoms with Crippen molar-refractivity contribution in [1.82, 2.24) is 5.43 Å². The molecule has 11 heteroatoms. The quantitative estimate of drug-likeness (QED) is 0.237. The third-order valence-corrected chi connectivity index (χ3v) is 8.40. The van der Waals surface area contributed by atoms with Crippen molar-refractivity contribution in [2.45, 2.75) is 4.58 Å². The summed E-state index contributed by atoms with van der Waals surface area (Å²) in [4.78, 5) is 22.6. The summed E-state index contributed by atoms with van der Waals surface area (Å²) in [5.41, 5.74) is 4.39. The van der Waals surface area contributed by atoms with Gasteiger partial charge in [0.2, 0.25) is 0 Å². The molecule has 1 heterocycles. The van der Waals surface area contributed by atoms with Gasteiger partial charge in [-0.05, 0) is 73.9 Å². The molecule has 1 amide bonds. The molecule has 1 saturated heterocycles. The van der Waals surface area contributed by atoms with Gasteiger partial charge in [-0.2, -0.15) is 5.10 Å². The van der Waals surface area contributed by atoms with Crippen LogP contribution in [-0.2, 0) is 9.59 Å². The molecule has 31 heavy (non-hydrogen) atoms. The van der Waals surface area contributed by atoms with Crippen LogP contribution in [0, 0.1) is 3.57 Å². The van der Waals surface area contributed by atoms with Crippen molar-refractivity contribution in [2.75, 3.05) is 24.7 Å². The van der Waals surface area contributed by atoms with Crippen molar-refractivity contribution in [2.24, 2.45) is 5.10 Å². The Morgan fingerprint density at radius 1 is 1.19 bits per heavy atom. The molecule has 0 aliphatic carbocycles. The Labute approximate surface area is 210 Å². The smallest absolute Gasteiger partial charge is 0.341 e. The number of nitrogens with zero attached hydrogens (tertiary/aromatic N) is 1. The maximum absolute atomic E-state index is 12.0. The number of amides is 1. The molecule has 164 valence electrons. The van der Waals surface area contributed by atoms with E-state index in [1.807, 2.05) is 70.4 Å². The second-order valence-electron chi connectivity index (χ2n) is 6.22. The van der Waals surface area contributed by atoms with Gasteiger partial charge in [-0.3, -0.25) is 4.79 Å². The monoisotopic (exact) mass is 636 g/mol. The van der Waals surface area contributed by atoms with Gasteiger partial charge in [-0.25, -0.2) is 10.2 Å². The summed E-state index contributed by atoms with van der Waals surface area (Å²) in [6.45, 7) is -0.577. The topological polar surface area (TPSA) is 97.2 Å². The van der Waals surface area contributed by atoms with Gasteiger partial charge in [-0.1, -0.05) is 12.1 Å². The highest BCUT2D eigenvalue weighted by Crippen LogP contribution is 2.45. The van der Waals surface area contributed by atoms with Crippen LogP contribution in [0.1, 0.15) is 15.7 Å². The van der Waals surface area contributed by atoms with Crippen molar-refractivity contribution in [1.29, 1.82) is 0 Å². The Hall–Kier alpha value is -1.44. The average molecular weight is 637 g/mol. The Morgan fingerprint density at radius 3 is 2.55 bits per heavy atom. The number of carbonyl (C=O) groups excluding carboxylic acids is 1. The lowest BCUT2D eigenvalue weighted by molar-refractivity contribution is -0.139. The first-order chi connectivity index (χ1) is 14.9. The third kappa shape index (κ3) is 7.58. The lowest BCUT2D eigenvalue weighted by atomic mass is 10.2. The minimum absolute atomic E-state index is 0.146. The highest BCUT2D eigenvalue weighted by Gasteiger charge is 2.18. The Morgan fingerprint density at radius 2 is 1.90 bits per heavy atom. The van der Waals surface area contributed by atoms with Crippen LogP contribution >= 0.6 is 62.0 Å². The predicted molar refractivity (Wildman–Crippen MR) is 135 cm³/mol. The van der Waals surface area contributed by atoms with E-state index in [1.165, 1.54) is 23.3 Å². The number of nitrogens with one attached hydrogen (secondary N) is 1. The first-order valence-electron chi connectivity index (χ1n) is 9.04. The minimum Gasteiger partial charge on any atom is -0.484 e. The van der Waals surface area contributed by atoms with E-state index in [4.69, 9.17) is 14.6 Å². The Bertz CT molecular complexity index is 946. The van der Waals surface area contributed by atoms with Crippen LogP contribution in [0.5, 0.6) is 11.5 Å². The molecule has 0 radical (unpaired) electrons. The van der Waals surface area contributed by atoms with Gasteiger partial charge in [0.25, 0.3) is 5.91 Å². The van der Waals surface area contributed by atoms with Crippen molar-refractivity contribution in [3.05, 3.63) is 55.6 Å². The lowest BCUT2D eigenvalue weighted by Gasteiger charge is -2.10. The van der Waals surface area contributed by atoms with E-state index < -0.39 is 12.6 Å². The molecule has 0 bridgehead atoms. The molecular weight excluding hydrogens is 619 g/mol. The van der Waals surface area contributed by atoms with Crippen LogP contribution < -0.4 is 14.9 Å². The minimum atomic E-state index is -1.05. The Balaban J connectivity index is 1.47. The maximum atomic E-state index is 12.0. The first kappa shape index (κ1) is 24.2. The van der Waals surface area contributed by atoms with Gasteiger partial charge in [0.15, 0.2) is 13.2 Å². The summed E-state index contributed by atoms with van der Waals surface area (Å²) < 4.78 is 12.5. The number of benzene rings is 2. The maximum Gasteiger partial charge on any atom is 0.341 e. The molecule has 0 aromatic heterocycles. The molecule has 7 nitrogen and oxygen atoms in total. The summed E-state index contributed by atoms with van der Waals surface area (Å²) in [5, 5.41) is 12.7. The zero-order chi connectivity index (χ0) is 22.2. The summed E-state index contributed by atoms with van der Waals surface area (Å²) in [6.07, 6.45) is 1.48. The van der Waals surface area contributed by atoms with Gasteiger partial charge in [0, 0.05) is 11.5 Å². The van der Waals surface area contributed by atoms with Gasteiger partial charge in [0.1, 0.15) is 11.5 Å². The van der Waals surface area contributed by atoms with Gasteiger partial charge in [0.05, 0.1) is 18.8 Å². The summed E-state index contributed by atoms with van der Waals surface area (Å²) in [6, 6.07) is 11.3. The normalized spacial score (nSPS) is 14.0. The fourth-order valence-corrected chi connectivity index (χ4v) is 7.19. The molecule has 3 rings (SSSR count). The molecule has 0 spiro atoms. The summed E-state index contributed by atoms with van der Waals surface area (Å²) >= 11 is 9.27. The average Bonchev–Trinajstić information content (AvgIpc) is 3.27. The van der Waals surface area contributed by atoms with Gasteiger partial charge < -0.3 is 14.6 Å². The zero-order valence-corrected chi connectivity index (χ0v) is 21.4. The third-order valence-electron chi connectivity index (χ3n) is 3.91. The van der Waals surface area contributed by atoms with E-state index in [0.717, 1.165) is 0 Å². The van der Waals surface area contributed by atoms with Crippen LogP contribution in [0.15, 0.2) is 46.0 Å². The van der Waals surface area contributed by atoms with Crippen LogP contribution in [0.4, 0.5) is 0 Å². The fourth-order valence-electron chi connectivity index (χ4n) is 2.56. The van der Waals surface area contributed by atoms with E-state index >= 15 is 0 Å². The second kappa shape index (κ2) is 12.0. The zero-order valence-electron chi connectivity index (χ0n) is 16.0. The molecule has 0 unspecified atom stereocenters. The Kier molecular flexibility index (Phi) is 9.35. The van der Waals surface area contributed by atoms with E-state index in [2.05, 4.69) is 26.5 Å². The summed E-state index contributed by atoms with van der Waals surface area (Å²) in [7, 11) is 0. The van der Waals surface area contributed by atoms with Gasteiger partial charge in [-0.15, -0.1) is 23.5 Å². The highest BCUT2D eigenvalue weighted by molar-refractivity contribution is 14.1. The molecule has 0 atom stereocenters. The number of carboxylic acid groups (broad SMARTS) is 1. The SMILES string of the molecule is O=C(O)COc1c(Br)cc(/C=N\NC(=O)COc2ccc(C3SCCS3)cc2)cc1I. The van der Waals surface area contributed by atoms with Crippen molar-refractivity contribution in [3.8, 4) is 11.5 Å². The van der Waals surface area contributed by atoms with Crippen molar-refractivity contribution < 1.29 is 24.2 Å². The molecule has 1 fully saturated rings. The van der Waals surface area contributed by atoms with E-state index in [1.54, 1.807) is 12.1 Å². The van der Waals surface area contributed by atoms with E-state index in [9.17, 15) is 9.59 Å². The number of hydrogen-bond donors (Lipinski definition) is 2. The van der Waals surface area contributed by atoms with E-state index in [0.29, 0.717) is 29.7 Å². The highest BCUT2D eigenvalue weighted by atomic mass is 127. The summed E-state index contributed by atoms with van der Waals surface area (Å²) in [5.74, 6) is 1.98.